The topological polar surface area (TPSA) is 60.9 Å². The van der Waals surface area contributed by atoms with Crippen LogP contribution in [0.3, 0.4) is 0 Å². The van der Waals surface area contributed by atoms with Crippen LogP contribution in [0.5, 0.6) is 11.5 Å². The van der Waals surface area contributed by atoms with Crippen molar-refractivity contribution in [2.75, 3.05) is 23.8 Å². The van der Waals surface area contributed by atoms with E-state index >= 15 is 0 Å². The van der Waals surface area contributed by atoms with Gasteiger partial charge in [0, 0.05) is 18.2 Å². The molecule has 110 valence electrons. The average Bonchev–Trinajstić information content (AvgIpc) is 3.21. The average molecular weight is 286 g/mol. The number of fused-ring (bicyclic) bond motifs is 1. The number of nitrogen functional groups attached to an aromatic ring is 1. The number of hydrogen-bond acceptors (Lipinski definition) is 5. The van der Waals surface area contributed by atoms with Crippen molar-refractivity contribution in [3.8, 4) is 11.5 Å². The first-order valence-electron chi connectivity index (χ1n) is 7.29. The Balaban J connectivity index is 1.68. The third kappa shape index (κ3) is 2.39. The molecule has 0 spiro atoms. The van der Waals surface area contributed by atoms with Crippen molar-refractivity contribution in [1.29, 1.82) is 0 Å². The molecule has 0 radical (unpaired) electrons. The molecule has 1 aromatic heterocycles. The summed E-state index contributed by atoms with van der Waals surface area (Å²) >= 11 is 0. The van der Waals surface area contributed by atoms with Crippen LogP contribution in [0, 0.1) is 0 Å². The molecular weight excluding hydrogens is 268 g/mol. The van der Waals surface area contributed by atoms with Crippen LogP contribution in [0.2, 0.25) is 0 Å². The highest BCUT2D eigenvalue weighted by molar-refractivity contribution is 5.74. The first kappa shape index (κ1) is 12.4. The number of furan rings is 1. The molecule has 0 atom stereocenters. The van der Waals surface area contributed by atoms with Gasteiger partial charge in [0.1, 0.15) is 19.0 Å². The van der Waals surface area contributed by atoms with Crippen molar-refractivity contribution in [3.05, 3.63) is 36.3 Å². The summed E-state index contributed by atoms with van der Waals surface area (Å²) in [5.74, 6) is 2.45. The van der Waals surface area contributed by atoms with Gasteiger partial charge in [0.2, 0.25) is 0 Å². The molecule has 1 aliphatic heterocycles. The lowest BCUT2D eigenvalue weighted by Crippen LogP contribution is -2.26. The standard InChI is InChI=1S/C16H18N2O3/c17-13-8-15-16(21-7-6-20-15)9-14(13)18(11-3-4-11)10-12-2-1-5-19-12/h1-2,5,8-9,11H,3-4,6-7,10,17H2. The van der Waals surface area contributed by atoms with Crippen molar-refractivity contribution >= 4 is 11.4 Å². The van der Waals surface area contributed by atoms with Crippen LogP contribution in [-0.2, 0) is 6.54 Å². The predicted molar refractivity (Wildman–Crippen MR) is 79.8 cm³/mol. The Morgan fingerprint density at radius 2 is 1.90 bits per heavy atom. The summed E-state index contributed by atoms with van der Waals surface area (Å²) in [6.07, 6.45) is 4.08. The maximum absolute atomic E-state index is 6.23. The molecule has 1 aliphatic carbocycles. The third-order valence-electron chi connectivity index (χ3n) is 3.89. The van der Waals surface area contributed by atoms with E-state index in [1.54, 1.807) is 6.26 Å². The molecule has 2 N–H and O–H groups in total. The van der Waals surface area contributed by atoms with Gasteiger partial charge in [-0.05, 0) is 25.0 Å². The molecule has 1 aromatic carbocycles. The van der Waals surface area contributed by atoms with E-state index in [0.717, 1.165) is 35.2 Å². The lowest BCUT2D eigenvalue weighted by Gasteiger charge is -2.27. The fourth-order valence-corrected chi connectivity index (χ4v) is 2.71. The van der Waals surface area contributed by atoms with Crippen molar-refractivity contribution in [1.82, 2.24) is 0 Å². The Hall–Kier alpha value is -2.30. The van der Waals surface area contributed by atoms with Crippen LogP contribution in [0.15, 0.2) is 34.9 Å². The van der Waals surface area contributed by atoms with E-state index in [4.69, 9.17) is 19.6 Å². The van der Waals surface area contributed by atoms with E-state index in [9.17, 15) is 0 Å². The summed E-state index contributed by atoms with van der Waals surface area (Å²) in [7, 11) is 0. The molecule has 5 nitrogen and oxygen atoms in total. The normalized spacial score (nSPS) is 16.8. The van der Waals surface area contributed by atoms with Crippen molar-refractivity contribution in [3.63, 3.8) is 0 Å². The predicted octanol–water partition coefficient (Wildman–Crippen LogP) is 2.80. The quantitative estimate of drug-likeness (QED) is 0.876. The van der Waals surface area contributed by atoms with E-state index < -0.39 is 0 Å². The van der Waals surface area contributed by atoms with Crippen LogP contribution < -0.4 is 20.1 Å². The lowest BCUT2D eigenvalue weighted by atomic mass is 10.2. The van der Waals surface area contributed by atoms with Gasteiger partial charge in [0.05, 0.1) is 24.2 Å². The largest absolute Gasteiger partial charge is 0.486 e. The Kier molecular flexibility index (Phi) is 2.91. The number of benzene rings is 1. The Morgan fingerprint density at radius 3 is 2.57 bits per heavy atom. The number of nitrogens with zero attached hydrogens (tertiary/aromatic N) is 1. The first-order chi connectivity index (χ1) is 10.3. The van der Waals surface area contributed by atoms with Crippen molar-refractivity contribution < 1.29 is 13.9 Å². The zero-order valence-corrected chi connectivity index (χ0v) is 11.7. The van der Waals surface area contributed by atoms with Gasteiger partial charge in [-0.3, -0.25) is 0 Å². The highest BCUT2D eigenvalue weighted by Gasteiger charge is 2.32. The second kappa shape index (κ2) is 4.91. The van der Waals surface area contributed by atoms with Gasteiger partial charge in [-0.2, -0.15) is 0 Å². The zero-order chi connectivity index (χ0) is 14.2. The minimum Gasteiger partial charge on any atom is -0.486 e. The van der Waals surface area contributed by atoms with Gasteiger partial charge in [0.25, 0.3) is 0 Å². The zero-order valence-electron chi connectivity index (χ0n) is 11.7. The minimum absolute atomic E-state index is 0.528. The van der Waals surface area contributed by atoms with Gasteiger partial charge in [0.15, 0.2) is 11.5 Å². The molecule has 1 saturated carbocycles. The Morgan fingerprint density at radius 1 is 1.14 bits per heavy atom. The SMILES string of the molecule is Nc1cc2c(cc1N(Cc1ccco1)C1CC1)OCCO2. The Labute approximate surface area is 123 Å². The molecule has 0 amide bonds. The van der Waals surface area contributed by atoms with E-state index in [1.807, 2.05) is 24.3 Å². The molecule has 21 heavy (non-hydrogen) atoms. The number of hydrogen-bond donors (Lipinski definition) is 1. The van der Waals surface area contributed by atoms with Crippen LogP contribution in [0.1, 0.15) is 18.6 Å². The third-order valence-corrected chi connectivity index (χ3v) is 3.89. The molecule has 2 aliphatic rings. The second-order valence-electron chi connectivity index (χ2n) is 5.49. The van der Waals surface area contributed by atoms with E-state index in [2.05, 4.69) is 4.90 Å². The van der Waals surface area contributed by atoms with Crippen LogP contribution in [-0.4, -0.2) is 19.3 Å². The number of anilines is 2. The first-order valence-corrected chi connectivity index (χ1v) is 7.29. The highest BCUT2D eigenvalue weighted by Crippen LogP contribution is 2.42. The molecule has 0 unspecified atom stereocenters. The van der Waals surface area contributed by atoms with Crippen molar-refractivity contribution in [2.45, 2.75) is 25.4 Å². The molecule has 2 aromatic rings. The summed E-state index contributed by atoms with van der Waals surface area (Å²) < 4.78 is 16.7. The monoisotopic (exact) mass is 286 g/mol. The van der Waals surface area contributed by atoms with Crippen LogP contribution in [0.4, 0.5) is 11.4 Å². The maximum Gasteiger partial charge on any atom is 0.163 e. The lowest BCUT2D eigenvalue weighted by molar-refractivity contribution is 0.172. The van der Waals surface area contributed by atoms with E-state index in [0.29, 0.717) is 19.3 Å². The molecule has 0 saturated heterocycles. The van der Waals surface area contributed by atoms with Gasteiger partial charge in [-0.15, -0.1) is 0 Å². The number of rotatable bonds is 4. The maximum atomic E-state index is 6.23. The van der Waals surface area contributed by atoms with Gasteiger partial charge < -0.3 is 24.5 Å². The van der Waals surface area contributed by atoms with E-state index in [-0.39, 0.29) is 0 Å². The smallest absolute Gasteiger partial charge is 0.163 e. The van der Waals surface area contributed by atoms with Gasteiger partial charge >= 0.3 is 0 Å². The summed E-state index contributed by atoms with van der Waals surface area (Å²) in [5, 5.41) is 0. The van der Waals surface area contributed by atoms with Gasteiger partial charge in [-0.25, -0.2) is 0 Å². The summed E-state index contributed by atoms with van der Waals surface area (Å²) in [6.45, 7) is 1.88. The number of ether oxygens (including phenoxy) is 2. The molecular formula is C16H18N2O3. The molecule has 2 heterocycles. The fraction of sp³-hybridized carbons (Fsp3) is 0.375. The summed E-state index contributed by atoms with van der Waals surface area (Å²) in [4.78, 5) is 2.30. The highest BCUT2D eigenvalue weighted by atomic mass is 16.6. The fourth-order valence-electron chi connectivity index (χ4n) is 2.71. The second-order valence-corrected chi connectivity index (χ2v) is 5.49. The molecule has 4 rings (SSSR count). The molecule has 1 fully saturated rings. The number of nitrogens with two attached hydrogens (primary N) is 1. The summed E-state index contributed by atoms with van der Waals surface area (Å²) in [5.41, 5.74) is 7.95. The molecule has 5 heteroatoms. The minimum atomic E-state index is 0.528. The van der Waals surface area contributed by atoms with E-state index in [1.165, 1.54) is 12.8 Å². The van der Waals surface area contributed by atoms with Crippen molar-refractivity contribution in [2.24, 2.45) is 0 Å². The molecule has 0 bridgehead atoms. The summed E-state index contributed by atoms with van der Waals surface area (Å²) in [6, 6.07) is 8.28. The van der Waals surface area contributed by atoms with Crippen LogP contribution in [0.25, 0.3) is 0 Å². The van der Waals surface area contributed by atoms with Gasteiger partial charge in [-0.1, -0.05) is 0 Å². The Bertz CT molecular complexity index is 635. The van der Waals surface area contributed by atoms with Crippen LogP contribution >= 0.6 is 0 Å².